The average molecular weight is 275 g/mol. The molecule has 1 spiro atoms. The summed E-state index contributed by atoms with van der Waals surface area (Å²) in [5.74, 6) is 0. The highest BCUT2D eigenvalue weighted by Crippen LogP contribution is 2.43. The van der Waals surface area contributed by atoms with Gasteiger partial charge in [-0.25, -0.2) is 0 Å². The van der Waals surface area contributed by atoms with Crippen LogP contribution < -0.4 is 5.32 Å². The van der Waals surface area contributed by atoms with E-state index in [0.29, 0.717) is 12.7 Å². The first-order chi connectivity index (χ1) is 9.81. The van der Waals surface area contributed by atoms with E-state index in [0.717, 1.165) is 6.54 Å². The van der Waals surface area contributed by atoms with Gasteiger partial charge in [-0.1, -0.05) is 31.0 Å². The topological polar surface area (TPSA) is 30.5 Å². The molecule has 20 heavy (non-hydrogen) atoms. The summed E-state index contributed by atoms with van der Waals surface area (Å²) in [5, 5.41) is 3.54. The minimum atomic E-state index is 0.235. The molecule has 0 amide bonds. The third kappa shape index (κ3) is 2.99. The Morgan fingerprint density at radius 2 is 2.05 bits per heavy atom. The van der Waals surface area contributed by atoms with Crippen molar-refractivity contribution in [1.29, 1.82) is 0 Å². The highest BCUT2D eigenvalue weighted by atomic mass is 16.5. The lowest BCUT2D eigenvalue weighted by atomic mass is 9.98. The molecule has 1 atom stereocenters. The molecule has 3 heteroatoms. The van der Waals surface area contributed by atoms with Crippen LogP contribution in [-0.2, 0) is 16.1 Å². The summed E-state index contributed by atoms with van der Waals surface area (Å²) < 4.78 is 11.6. The molecule has 0 bridgehead atoms. The minimum absolute atomic E-state index is 0.235. The van der Waals surface area contributed by atoms with Gasteiger partial charge in [-0.05, 0) is 31.7 Å². The molecule has 2 fully saturated rings. The Labute approximate surface area is 121 Å². The van der Waals surface area contributed by atoms with Crippen LogP contribution in [0.1, 0.15) is 44.1 Å². The highest BCUT2D eigenvalue weighted by Gasteiger charge is 2.41. The molecule has 2 aliphatic rings. The van der Waals surface area contributed by atoms with E-state index < -0.39 is 0 Å². The van der Waals surface area contributed by atoms with Gasteiger partial charge in [0.2, 0.25) is 0 Å². The summed E-state index contributed by atoms with van der Waals surface area (Å²) in [6, 6.07) is 8.35. The van der Waals surface area contributed by atoms with E-state index in [-0.39, 0.29) is 5.60 Å². The lowest BCUT2D eigenvalue weighted by Gasteiger charge is -2.24. The zero-order valence-corrected chi connectivity index (χ0v) is 12.4. The van der Waals surface area contributed by atoms with Gasteiger partial charge in [-0.15, -0.1) is 0 Å². The minimum Gasteiger partial charge on any atom is -0.382 e. The van der Waals surface area contributed by atoms with E-state index in [1.807, 2.05) is 0 Å². The van der Waals surface area contributed by atoms with Crippen LogP contribution in [0, 0.1) is 0 Å². The van der Waals surface area contributed by atoms with Gasteiger partial charge in [-0.2, -0.15) is 0 Å². The van der Waals surface area contributed by atoms with Crippen LogP contribution in [0.15, 0.2) is 24.3 Å². The number of anilines is 1. The van der Waals surface area contributed by atoms with Crippen LogP contribution in [-0.4, -0.2) is 25.4 Å². The van der Waals surface area contributed by atoms with Crippen LogP contribution >= 0.6 is 0 Å². The summed E-state index contributed by atoms with van der Waals surface area (Å²) in [6.07, 6.45) is 8.03. The maximum atomic E-state index is 6.34. The molecule has 1 aromatic carbocycles. The number of methoxy groups -OCH3 is 1. The van der Waals surface area contributed by atoms with Crippen LogP contribution in [0.3, 0.4) is 0 Å². The fourth-order valence-electron chi connectivity index (χ4n) is 3.62. The number of rotatable bonds is 5. The number of hydrogen-bond donors (Lipinski definition) is 1. The van der Waals surface area contributed by atoms with Crippen LogP contribution in [0.25, 0.3) is 0 Å². The van der Waals surface area contributed by atoms with Gasteiger partial charge in [0.15, 0.2) is 0 Å². The van der Waals surface area contributed by atoms with Gasteiger partial charge in [0.05, 0.1) is 18.3 Å². The molecule has 1 aromatic rings. The first kappa shape index (κ1) is 13.9. The second kappa shape index (κ2) is 6.15. The Bertz CT molecular complexity index is 440. The SMILES string of the molecule is COCc1ccccc1NCC1CCC2(CCCC2)O1. The quantitative estimate of drug-likeness (QED) is 0.888. The highest BCUT2D eigenvalue weighted by molar-refractivity contribution is 5.50. The predicted octanol–water partition coefficient (Wildman–Crippen LogP) is 3.74. The van der Waals surface area contributed by atoms with E-state index in [1.165, 1.54) is 49.8 Å². The molecule has 1 aliphatic carbocycles. The predicted molar refractivity (Wildman–Crippen MR) is 81.0 cm³/mol. The van der Waals surface area contributed by atoms with Crippen molar-refractivity contribution in [1.82, 2.24) is 0 Å². The van der Waals surface area contributed by atoms with E-state index in [9.17, 15) is 0 Å². The third-order valence-electron chi connectivity index (χ3n) is 4.69. The van der Waals surface area contributed by atoms with Crippen molar-refractivity contribution >= 4 is 5.69 Å². The molecule has 0 aromatic heterocycles. The fraction of sp³-hybridized carbons (Fsp3) is 0.647. The Hall–Kier alpha value is -1.06. The number of hydrogen-bond acceptors (Lipinski definition) is 3. The van der Waals surface area contributed by atoms with E-state index in [2.05, 4.69) is 29.6 Å². The smallest absolute Gasteiger partial charge is 0.0756 e. The van der Waals surface area contributed by atoms with Crippen molar-refractivity contribution < 1.29 is 9.47 Å². The number of ether oxygens (including phenoxy) is 2. The molecular formula is C17H25NO2. The lowest BCUT2D eigenvalue weighted by Crippen LogP contribution is -2.28. The molecule has 1 saturated carbocycles. The first-order valence-corrected chi connectivity index (χ1v) is 7.80. The molecular weight excluding hydrogens is 250 g/mol. The Kier molecular flexibility index (Phi) is 4.27. The fourth-order valence-corrected chi connectivity index (χ4v) is 3.62. The van der Waals surface area contributed by atoms with Crippen LogP contribution in [0.5, 0.6) is 0 Å². The van der Waals surface area contributed by atoms with Crippen molar-refractivity contribution in [2.75, 3.05) is 19.0 Å². The summed E-state index contributed by atoms with van der Waals surface area (Å²) in [4.78, 5) is 0. The molecule has 3 rings (SSSR count). The van der Waals surface area contributed by atoms with Crippen LogP contribution in [0.4, 0.5) is 5.69 Å². The molecule has 110 valence electrons. The standard InChI is InChI=1S/C17H25NO2/c1-19-13-14-6-2-3-7-16(14)18-12-15-8-11-17(20-15)9-4-5-10-17/h2-3,6-7,15,18H,4-5,8-13H2,1H3. The molecule has 0 radical (unpaired) electrons. The Morgan fingerprint density at radius 3 is 2.85 bits per heavy atom. The van der Waals surface area contributed by atoms with Gasteiger partial charge in [-0.3, -0.25) is 0 Å². The Balaban J connectivity index is 1.55. The summed E-state index contributed by atoms with van der Waals surface area (Å²) in [6.45, 7) is 1.56. The van der Waals surface area contributed by atoms with E-state index in [1.54, 1.807) is 7.11 Å². The summed E-state index contributed by atoms with van der Waals surface area (Å²) >= 11 is 0. The van der Waals surface area contributed by atoms with Crippen molar-refractivity contribution in [3.63, 3.8) is 0 Å². The zero-order chi connectivity index (χ0) is 13.8. The van der Waals surface area contributed by atoms with Gasteiger partial charge >= 0.3 is 0 Å². The maximum absolute atomic E-state index is 6.34. The number of para-hydroxylation sites is 1. The number of nitrogens with one attached hydrogen (secondary N) is 1. The maximum Gasteiger partial charge on any atom is 0.0756 e. The van der Waals surface area contributed by atoms with Gasteiger partial charge in [0, 0.05) is 24.9 Å². The lowest BCUT2D eigenvalue weighted by molar-refractivity contribution is -0.0307. The van der Waals surface area contributed by atoms with Gasteiger partial charge in [0.1, 0.15) is 0 Å². The molecule has 3 nitrogen and oxygen atoms in total. The second-order valence-electron chi connectivity index (χ2n) is 6.14. The van der Waals surface area contributed by atoms with Crippen molar-refractivity contribution in [3.05, 3.63) is 29.8 Å². The van der Waals surface area contributed by atoms with Crippen molar-refractivity contribution in [3.8, 4) is 0 Å². The van der Waals surface area contributed by atoms with Crippen molar-refractivity contribution in [2.24, 2.45) is 0 Å². The third-order valence-corrected chi connectivity index (χ3v) is 4.69. The molecule has 1 saturated heterocycles. The Morgan fingerprint density at radius 1 is 1.25 bits per heavy atom. The van der Waals surface area contributed by atoms with E-state index in [4.69, 9.17) is 9.47 Å². The second-order valence-corrected chi connectivity index (χ2v) is 6.14. The molecule has 1 N–H and O–H groups in total. The monoisotopic (exact) mass is 275 g/mol. The van der Waals surface area contributed by atoms with Crippen LogP contribution in [0.2, 0.25) is 0 Å². The molecule has 1 aliphatic heterocycles. The van der Waals surface area contributed by atoms with Crippen molar-refractivity contribution in [2.45, 2.75) is 56.8 Å². The normalized spacial score (nSPS) is 24.4. The average Bonchev–Trinajstić information content (AvgIpc) is 3.09. The summed E-state index contributed by atoms with van der Waals surface area (Å²) in [7, 11) is 1.74. The zero-order valence-electron chi connectivity index (χ0n) is 12.4. The summed E-state index contributed by atoms with van der Waals surface area (Å²) in [5.41, 5.74) is 2.62. The largest absolute Gasteiger partial charge is 0.382 e. The van der Waals surface area contributed by atoms with Gasteiger partial charge in [0.25, 0.3) is 0 Å². The first-order valence-electron chi connectivity index (χ1n) is 7.80. The van der Waals surface area contributed by atoms with Gasteiger partial charge < -0.3 is 14.8 Å². The number of benzene rings is 1. The molecule has 1 unspecified atom stereocenters. The molecule has 1 heterocycles. The van der Waals surface area contributed by atoms with E-state index >= 15 is 0 Å².